The Labute approximate surface area is 104 Å². The van der Waals surface area contributed by atoms with Crippen LogP contribution in [0.4, 0.5) is 13.2 Å². The molecule has 0 bridgehead atoms. The molecule has 17 heavy (non-hydrogen) atoms. The molecule has 0 saturated heterocycles. The lowest BCUT2D eigenvalue weighted by atomic mass is 10.2. The molecule has 0 fully saturated rings. The Morgan fingerprint density at radius 2 is 2.06 bits per heavy atom. The fraction of sp³-hybridized carbons (Fsp3) is 0.900. The first kappa shape index (κ1) is 16.6. The van der Waals surface area contributed by atoms with E-state index in [2.05, 4.69) is 0 Å². The normalized spacial score (nSPS) is 13.5. The monoisotopic (exact) mass is 272 g/mol. The van der Waals surface area contributed by atoms with Gasteiger partial charge in [0.1, 0.15) is 6.54 Å². The largest absolute Gasteiger partial charge is 0.406 e. The van der Waals surface area contributed by atoms with E-state index in [0.717, 1.165) is 4.90 Å². The first-order chi connectivity index (χ1) is 7.81. The number of carbonyl (C=O) groups is 1. The second-order valence-corrected chi connectivity index (χ2v) is 4.75. The number of hydrogen-bond donors (Lipinski definition) is 1. The van der Waals surface area contributed by atoms with E-state index in [4.69, 9.17) is 5.73 Å². The molecule has 0 spiro atoms. The first-order valence-corrected chi connectivity index (χ1v) is 6.81. The number of hydrogen-bond acceptors (Lipinski definition) is 3. The van der Waals surface area contributed by atoms with Crippen molar-refractivity contribution in [2.45, 2.75) is 32.0 Å². The second-order valence-electron chi connectivity index (χ2n) is 3.76. The van der Waals surface area contributed by atoms with Crippen LogP contribution in [0.5, 0.6) is 0 Å². The van der Waals surface area contributed by atoms with Crippen LogP contribution in [0.25, 0.3) is 0 Å². The Bertz CT molecular complexity index is 236. The summed E-state index contributed by atoms with van der Waals surface area (Å²) in [4.78, 5) is 12.5. The number of thioether (sulfide) groups is 1. The Morgan fingerprint density at radius 1 is 1.47 bits per heavy atom. The fourth-order valence-electron chi connectivity index (χ4n) is 1.36. The van der Waals surface area contributed by atoms with Crippen LogP contribution < -0.4 is 5.73 Å². The number of halogens is 3. The zero-order valence-corrected chi connectivity index (χ0v) is 10.9. The van der Waals surface area contributed by atoms with Gasteiger partial charge in [0.05, 0.1) is 6.04 Å². The highest BCUT2D eigenvalue weighted by molar-refractivity contribution is 7.98. The lowest BCUT2D eigenvalue weighted by Crippen LogP contribution is -2.47. The Kier molecular flexibility index (Phi) is 7.61. The maximum atomic E-state index is 12.3. The van der Waals surface area contributed by atoms with Gasteiger partial charge >= 0.3 is 6.18 Å². The molecule has 0 rings (SSSR count). The average molecular weight is 272 g/mol. The minimum Gasteiger partial charge on any atom is -0.332 e. The molecule has 102 valence electrons. The van der Waals surface area contributed by atoms with Crippen molar-refractivity contribution in [3.63, 3.8) is 0 Å². The topological polar surface area (TPSA) is 46.3 Å². The number of alkyl halides is 3. The Morgan fingerprint density at radius 3 is 2.47 bits per heavy atom. The zero-order chi connectivity index (χ0) is 13.5. The molecule has 1 atom stereocenters. The summed E-state index contributed by atoms with van der Waals surface area (Å²) < 4.78 is 36.8. The smallest absolute Gasteiger partial charge is 0.332 e. The van der Waals surface area contributed by atoms with E-state index in [1.165, 1.54) is 11.8 Å². The molecular formula is C10H19F3N2OS. The lowest BCUT2D eigenvalue weighted by molar-refractivity contribution is -0.162. The van der Waals surface area contributed by atoms with Crippen molar-refractivity contribution < 1.29 is 18.0 Å². The van der Waals surface area contributed by atoms with E-state index in [1.54, 1.807) is 6.92 Å². The number of rotatable bonds is 7. The summed E-state index contributed by atoms with van der Waals surface area (Å²) in [5, 5.41) is 0. The van der Waals surface area contributed by atoms with E-state index in [-0.39, 0.29) is 6.54 Å². The summed E-state index contributed by atoms with van der Waals surface area (Å²) in [7, 11) is 0. The summed E-state index contributed by atoms with van der Waals surface area (Å²) in [6.07, 6.45) is -1.63. The van der Waals surface area contributed by atoms with Crippen molar-refractivity contribution in [1.82, 2.24) is 4.90 Å². The van der Waals surface area contributed by atoms with Crippen LogP contribution in [0.1, 0.15) is 19.8 Å². The molecule has 0 heterocycles. The average Bonchev–Trinajstić information content (AvgIpc) is 2.22. The van der Waals surface area contributed by atoms with Crippen molar-refractivity contribution in [3.05, 3.63) is 0 Å². The molecular weight excluding hydrogens is 253 g/mol. The molecule has 0 saturated carbocycles. The van der Waals surface area contributed by atoms with Gasteiger partial charge in [-0.1, -0.05) is 6.92 Å². The molecule has 0 aliphatic rings. The minimum absolute atomic E-state index is 0.0886. The quantitative estimate of drug-likeness (QED) is 0.769. The number of nitrogens with zero attached hydrogens (tertiary/aromatic N) is 1. The molecule has 0 aromatic rings. The lowest BCUT2D eigenvalue weighted by Gasteiger charge is -2.26. The Hall–Kier alpha value is -0.430. The highest BCUT2D eigenvalue weighted by atomic mass is 32.2. The van der Waals surface area contributed by atoms with Crippen LogP contribution >= 0.6 is 11.8 Å². The number of amides is 1. The van der Waals surface area contributed by atoms with E-state index >= 15 is 0 Å². The van der Waals surface area contributed by atoms with Crippen molar-refractivity contribution >= 4 is 17.7 Å². The summed E-state index contributed by atoms with van der Waals surface area (Å²) in [5.74, 6) is 0.0528. The first-order valence-electron chi connectivity index (χ1n) is 5.41. The Balaban J connectivity index is 4.42. The molecule has 7 heteroatoms. The second kappa shape index (κ2) is 7.81. The van der Waals surface area contributed by atoms with Gasteiger partial charge < -0.3 is 10.6 Å². The van der Waals surface area contributed by atoms with Crippen molar-refractivity contribution in [2.24, 2.45) is 5.73 Å². The van der Waals surface area contributed by atoms with Gasteiger partial charge in [-0.05, 0) is 24.9 Å². The van der Waals surface area contributed by atoms with Crippen LogP contribution in [0, 0.1) is 0 Å². The van der Waals surface area contributed by atoms with Crippen molar-refractivity contribution in [2.75, 3.05) is 25.1 Å². The third-order valence-electron chi connectivity index (χ3n) is 2.13. The van der Waals surface area contributed by atoms with Gasteiger partial charge in [0.2, 0.25) is 5.91 Å². The molecule has 3 nitrogen and oxygen atoms in total. The van der Waals surface area contributed by atoms with Gasteiger partial charge in [-0.3, -0.25) is 4.79 Å². The molecule has 2 N–H and O–H groups in total. The molecule has 1 amide bonds. The van der Waals surface area contributed by atoms with Gasteiger partial charge in [-0.2, -0.15) is 24.9 Å². The van der Waals surface area contributed by atoms with E-state index in [9.17, 15) is 18.0 Å². The maximum absolute atomic E-state index is 12.3. The third-order valence-corrected chi connectivity index (χ3v) is 2.77. The van der Waals surface area contributed by atoms with Crippen molar-refractivity contribution in [1.29, 1.82) is 0 Å². The van der Waals surface area contributed by atoms with E-state index < -0.39 is 24.7 Å². The highest BCUT2D eigenvalue weighted by Gasteiger charge is 2.33. The predicted molar refractivity (Wildman–Crippen MR) is 63.9 cm³/mol. The molecule has 0 aliphatic heterocycles. The van der Waals surface area contributed by atoms with E-state index in [0.29, 0.717) is 18.6 Å². The molecule has 0 aliphatic carbocycles. The van der Waals surface area contributed by atoms with Gasteiger partial charge in [0.15, 0.2) is 0 Å². The van der Waals surface area contributed by atoms with Crippen LogP contribution in [0.2, 0.25) is 0 Å². The third kappa shape index (κ3) is 7.49. The molecule has 0 unspecified atom stereocenters. The summed E-state index contributed by atoms with van der Waals surface area (Å²) in [5.41, 5.74) is 5.58. The highest BCUT2D eigenvalue weighted by Crippen LogP contribution is 2.17. The van der Waals surface area contributed by atoms with Crippen LogP contribution in [0.15, 0.2) is 0 Å². The van der Waals surface area contributed by atoms with Crippen LogP contribution in [0.3, 0.4) is 0 Å². The van der Waals surface area contributed by atoms with Crippen LogP contribution in [-0.2, 0) is 4.79 Å². The maximum Gasteiger partial charge on any atom is 0.406 e. The fourth-order valence-corrected chi connectivity index (χ4v) is 1.85. The van der Waals surface area contributed by atoms with Gasteiger partial charge in [-0.15, -0.1) is 0 Å². The minimum atomic E-state index is -4.37. The van der Waals surface area contributed by atoms with Gasteiger partial charge in [0.25, 0.3) is 0 Å². The predicted octanol–water partition coefficient (Wildman–Crippen LogP) is 1.87. The molecule has 0 aromatic heterocycles. The SMILES string of the molecule is CCCN(CC(F)(F)F)C(=O)[C@H](N)CCSC. The summed E-state index contributed by atoms with van der Waals surface area (Å²) in [6.45, 7) is 0.599. The van der Waals surface area contributed by atoms with Gasteiger partial charge in [0, 0.05) is 6.54 Å². The van der Waals surface area contributed by atoms with E-state index in [1.807, 2.05) is 6.26 Å². The molecule has 0 radical (unpaired) electrons. The number of carbonyl (C=O) groups excluding carboxylic acids is 1. The van der Waals surface area contributed by atoms with Gasteiger partial charge in [-0.25, -0.2) is 0 Å². The standard InChI is InChI=1S/C10H19F3N2OS/c1-3-5-15(7-10(11,12)13)9(16)8(14)4-6-17-2/h8H,3-7,14H2,1-2H3/t8-/m1/s1. The zero-order valence-electron chi connectivity index (χ0n) is 10.1. The molecule has 0 aromatic carbocycles. The summed E-state index contributed by atoms with van der Waals surface area (Å²) >= 11 is 1.51. The number of nitrogens with two attached hydrogens (primary N) is 1. The van der Waals surface area contributed by atoms with Crippen LogP contribution in [-0.4, -0.2) is 48.1 Å². The van der Waals surface area contributed by atoms with Crippen molar-refractivity contribution in [3.8, 4) is 0 Å². The summed E-state index contributed by atoms with van der Waals surface area (Å²) in [6, 6.07) is -0.837.